The molecule has 0 spiro atoms. The second kappa shape index (κ2) is 4.41. The van der Waals surface area contributed by atoms with Gasteiger partial charge in [-0.1, -0.05) is 28.1 Å². The largest absolute Gasteiger partial charge is 0.258 e. The van der Waals surface area contributed by atoms with E-state index in [1.54, 1.807) is 0 Å². The van der Waals surface area contributed by atoms with Gasteiger partial charge in [-0.15, -0.1) is 0 Å². The van der Waals surface area contributed by atoms with Gasteiger partial charge >= 0.3 is 0 Å². The van der Waals surface area contributed by atoms with Crippen LogP contribution in [-0.4, -0.2) is 10.3 Å². The van der Waals surface area contributed by atoms with E-state index in [0.717, 1.165) is 16.7 Å². The first-order valence-corrected chi connectivity index (χ1v) is 5.02. The van der Waals surface area contributed by atoms with Crippen molar-refractivity contribution < 1.29 is 0 Å². The molecule has 2 heteroatoms. The summed E-state index contributed by atoms with van der Waals surface area (Å²) in [5.41, 5.74) is 3.37. The van der Waals surface area contributed by atoms with Crippen LogP contribution in [0.3, 0.4) is 0 Å². The number of aryl methyl sites for hydroxylation is 2. The monoisotopic (exact) mass is 225 g/mol. The van der Waals surface area contributed by atoms with Crippen molar-refractivity contribution in [1.82, 2.24) is 4.98 Å². The summed E-state index contributed by atoms with van der Waals surface area (Å²) in [4.78, 5) is 4.30. The standard InChI is InChI=1S/C10H12BrN/c1-8-6-10(4-3-5-11)7-9(2)12-8/h3-4,6-7H,5H2,1-2H3. The van der Waals surface area contributed by atoms with Crippen molar-refractivity contribution >= 4 is 22.0 Å². The molecule has 0 bridgehead atoms. The molecule has 0 atom stereocenters. The third-order valence-electron chi connectivity index (χ3n) is 1.50. The molecule has 12 heavy (non-hydrogen) atoms. The second-order valence-corrected chi connectivity index (χ2v) is 3.39. The van der Waals surface area contributed by atoms with Gasteiger partial charge in [0.1, 0.15) is 0 Å². The molecule has 0 aliphatic heterocycles. The number of hydrogen-bond acceptors (Lipinski definition) is 1. The highest BCUT2D eigenvalue weighted by atomic mass is 79.9. The third kappa shape index (κ3) is 2.78. The van der Waals surface area contributed by atoms with Gasteiger partial charge in [-0.2, -0.15) is 0 Å². The Morgan fingerprint density at radius 1 is 1.33 bits per heavy atom. The van der Waals surface area contributed by atoms with E-state index in [2.05, 4.69) is 45.2 Å². The second-order valence-electron chi connectivity index (χ2n) is 2.74. The van der Waals surface area contributed by atoms with E-state index in [1.807, 2.05) is 13.8 Å². The molecule has 0 N–H and O–H groups in total. The Morgan fingerprint density at radius 2 is 1.92 bits per heavy atom. The zero-order valence-corrected chi connectivity index (χ0v) is 8.93. The summed E-state index contributed by atoms with van der Waals surface area (Å²) in [7, 11) is 0. The van der Waals surface area contributed by atoms with Crippen molar-refractivity contribution in [3.63, 3.8) is 0 Å². The third-order valence-corrected chi connectivity index (χ3v) is 1.88. The molecule has 0 saturated heterocycles. The van der Waals surface area contributed by atoms with E-state index in [0.29, 0.717) is 0 Å². The highest BCUT2D eigenvalue weighted by Crippen LogP contribution is 2.06. The highest BCUT2D eigenvalue weighted by Gasteiger charge is 1.91. The minimum absolute atomic E-state index is 0.896. The molecule has 0 radical (unpaired) electrons. The Kier molecular flexibility index (Phi) is 3.48. The smallest absolute Gasteiger partial charge is 0.0381 e. The number of rotatable bonds is 2. The predicted octanol–water partition coefficient (Wildman–Crippen LogP) is 3.11. The molecule has 0 aliphatic rings. The fourth-order valence-corrected chi connectivity index (χ4v) is 1.33. The maximum atomic E-state index is 4.30. The van der Waals surface area contributed by atoms with Crippen LogP contribution in [0.5, 0.6) is 0 Å². The first-order valence-electron chi connectivity index (χ1n) is 3.90. The molecule has 0 aromatic carbocycles. The number of hydrogen-bond donors (Lipinski definition) is 0. The normalized spacial score (nSPS) is 10.9. The fourth-order valence-electron chi connectivity index (χ4n) is 1.14. The number of pyridine rings is 1. The minimum atomic E-state index is 0.896. The maximum absolute atomic E-state index is 4.30. The van der Waals surface area contributed by atoms with Crippen molar-refractivity contribution in [2.75, 3.05) is 5.33 Å². The fraction of sp³-hybridized carbons (Fsp3) is 0.300. The molecule has 1 rings (SSSR count). The van der Waals surface area contributed by atoms with Crippen molar-refractivity contribution in [2.24, 2.45) is 0 Å². The zero-order chi connectivity index (χ0) is 8.97. The molecule has 1 aromatic heterocycles. The van der Waals surface area contributed by atoms with Crippen LogP contribution >= 0.6 is 15.9 Å². The summed E-state index contributed by atoms with van der Waals surface area (Å²) in [6.45, 7) is 4.02. The van der Waals surface area contributed by atoms with Crippen LogP contribution in [0.1, 0.15) is 17.0 Å². The van der Waals surface area contributed by atoms with Gasteiger partial charge in [0, 0.05) is 16.7 Å². The molecule has 0 unspecified atom stereocenters. The number of alkyl halides is 1. The Morgan fingerprint density at radius 3 is 2.42 bits per heavy atom. The summed E-state index contributed by atoms with van der Waals surface area (Å²) < 4.78 is 0. The molecular weight excluding hydrogens is 214 g/mol. The van der Waals surface area contributed by atoms with E-state index in [-0.39, 0.29) is 0 Å². The topological polar surface area (TPSA) is 12.9 Å². The lowest BCUT2D eigenvalue weighted by molar-refractivity contribution is 1.12. The van der Waals surface area contributed by atoms with Crippen molar-refractivity contribution in [3.05, 3.63) is 35.2 Å². The summed E-state index contributed by atoms with van der Waals surface area (Å²) in [6.07, 6.45) is 4.17. The molecule has 64 valence electrons. The Labute approximate surface area is 81.7 Å². The molecule has 1 aromatic rings. The summed E-state index contributed by atoms with van der Waals surface area (Å²) in [6, 6.07) is 4.15. The van der Waals surface area contributed by atoms with E-state index < -0.39 is 0 Å². The van der Waals surface area contributed by atoms with Crippen LogP contribution in [-0.2, 0) is 0 Å². The van der Waals surface area contributed by atoms with Crippen LogP contribution < -0.4 is 0 Å². The Hall–Kier alpha value is -0.630. The highest BCUT2D eigenvalue weighted by molar-refractivity contribution is 9.09. The van der Waals surface area contributed by atoms with Crippen LogP contribution in [0.2, 0.25) is 0 Å². The van der Waals surface area contributed by atoms with Gasteiger partial charge in [-0.25, -0.2) is 0 Å². The van der Waals surface area contributed by atoms with Crippen LogP contribution in [0.25, 0.3) is 6.08 Å². The van der Waals surface area contributed by atoms with Crippen LogP contribution in [0.4, 0.5) is 0 Å². The molecule has 0 amide bonds. The van der Waals surface area contributed by atoms with Gasteiger partial charge in [-0.3, -0.25) is 4.98 Å². The number of halogens is 1. The number of allylic oxidation sites excluding steroid dienone is 1. The van der Waals surface area contributed by atoms with E-state index in [9.17, 15) is 0 Å². The van der Waals surface area contributed by atoms with Gasteiger partial charge in [0.25, 0.3) is 0 Å². The van der Waals surface area contributed by atoms with Gasteiger partial charge in [0.15, 0.2) is 0 Å². The lowest BCUT2D eigenvalue weighted by Crippen LogP contribution is -1.86. The molecule has 1 heterocycles. The first kappa shape index (κ1) is 9.46. The summed E-state index contributed by atoms with van der Waals surface area (Å²) >= 11 is 3.34. The molecule has 0 saturated carbocycles. The Bertz CT molecular complexity index is 272. The lowest BCUT2D eigenvalue weighted by Gasteiger charge is -1.98. The lowest BCUT2D eigenvalue weighted by atomic mass is 10.2. The van der Waals surface area contributed by atoms with E-state index >= 15 is 0 Å². The van der Waals surface area contributed by atoms with Crippen LogP contribution in [0, 0.1) is 13.8 Å². The number of aromatic nitrogens is 1. The molecule has 0 fully saturated rings. The predicted molar refractivity (Wildman–Crippen MR) is 56.5 cm³/mol. The van der Waals surface area contributed by atoms with Crippen molar-refractivity contribution in [1.29, 1.82) is 0 Å². The van der Waals surface area contributed by atoms with Crippen molar-refractivity contribution in [2.45, 2.75) is 13.8 Å². The maximum Gasteiger partial charge on any atom is 0.0381 e. The minimum Gasteiger partial charge on any atom is -0.258 e. The average Bonchev–Trinajstić information content (AvgIpc) is 1.99. The molecule has 1 nitrogen and oxygen atoms in total. The SMILES string of the molecule is Cc1cc(C=CCBr)cc(C)n1. The summed E-state index contributed by atoms with van der Waals surface area (Å²) in [5, 5.41) is 0.896. The van der Waals surface area contributed by atoms with E-state index in [1.165, 1.54) is 5.56 Å². The first-order chi connectivity index (χ1) is 5.72. The van der Waals surface area contributed by atoms with Gasteiger partial charge < -0.3 is 0 Å². The Balaban J connectivity index is 2.93. The molecule has 0 aliphatic carbocycles. The molecular formula is C10H12BrN. The number of nitrogens with zero attached hydrogens (tertiary/aromatic N) is 1. The van der Waals surface area contributed by atoms with Crippen LogP contribution in [0.15, 0.2) is 18.2 Å². The van der Waals surface area contributed by atoms with E-state index in [4.69, 9.17) is 0 Å². The van der Waals surface area contributed by atoms with Crippen molar-refractivity contribution in [3.8, 4) is 0 Å². The van der Waals surface area contributed by atoms with Gasteiger partial charge in [-0.05, 0) is 31.5 Å². The quantitative estimate of drug-likeness (QED) is 0.706. The average molecular weight is 226 g/mol. The van der Waals surface area contributed by atoms with Gasteiger partial charge in [0.2, 0.25) is 0 Å². The van der Waals surface area contributed by atoms with Gasteiger partial charge in [0.05, 0.1) is 0 Å². The summed E-state index contributed by atoms with van der Waals surface area (Å²) in [5.74, 6) is 0. The zero-order valence-electron chi connectivity index (χ0n) is 7.34.